The van der Waals surface area contributed by atoms with Crippen molar-refractivity contribution in [2.24, 2.45) is 11.8 Å². The van der Waals surface area contributed by atoms with Gasteiger partial charge >= 0.3 is 5.97 Å². The van der Waals surface area contributed by atoms with Crippen LogP contribution in [0.15, 0.2) is 25.3 Å². The number of carbonyl (C=O) groups is 3. The highest BCUT2D eigenvalue weighted by atomic mass is 16.5. The molecule has 3 atom stereocenters. The smallest absolute Gasteiger partial charge is 0.306 e. The minimum Gasteiger partial charge on any atom is -0.463 e. The van der Waals surface area contributed by atoms with Gasteiger partial charge in [0.05, 0.1) is 18.6 Å². The number of nitrogens with one attached hydrogen (secondary N) is 2. The van der Waals surface area contributed by atoms with Gasteiger partial charge in [0.25, 0.3) is 0 Å². The van der Waals surface area contributed by atoms with Crippen LogP contribution in [-0.2, 0) is 19.1 Å². The summed E-state index contributed by atoms with van der Waals surface area (Å²) in [4.78, 5) is 37.1. The van der Waals surface area contributed by atoms with Gasteiger partial charge < -0.3 is 20.5 Å². The summed E-state index contributed by atoms with van der Waals surface area (Å²) in [6, 6.07) is -0.649. The Bertz CT molecular complexity index is 587. The van der Waals surface area contributed by atoms with Crippen molar-refractivity contribution in [3.8, 4) is 0 Å². The molecular formula is C24H40N2O5. The molecule has 1 aliphatic carbocycles. The molecule has 0 aliphatic heterocycles. The maximum absolute atomic E-state index is 13.0. The van der Waals surface area contributed by atoms with E-state index in [9.17, 15) is 14.4 Å². The highest BCUT2D eigenvalue weighted by Crippen LogP contribution is 2.27. The maximum atomic E-state index is 13.0. The number of esters is 1. The number of ether oxygens (including phenoxy) is 1. The average Bonchev–Trinajstić information content (AvgIpc) is 2.76. The molecule has 0 aromatic heterocycles. The van der Waals surface area contributed by atoms with Gasteiger partial charge in [0.15, 0.2) is 0 Å². The predicted octanol–water partition coefficient (Wildman–Crippen LogP) is 3.03. The largest absolute Gasteiger partial charge is 0.463 e. The number of hydrogen-bond acceptors (Lipinski definition) is 5. The van der Waals surface area contributed by atoms with Gasteiger partial charge in [0.1, 0.15) is 6.61 Å². The molecule has 176 valence electrons. The normalized spacial score (nSPS) is 17.1. The van der Waals surface area contributed by atoms with Crippen molar-refractivity contribution in [3.05, 3.63) is 25.3 Å². The minimum absolute atomic E-state index is 0.0114. The number of carbonyl (C=O) groups excluding carboxylic acids is 3. The molecule has 0 spiro atoms. The second-order valence-corrected chi connectivity index (χ2v) is 8.53. The van der Waals surface area contributed by atoms with E-state index >= 15 is 0 Å². The molecular weight excluding hydrogens is 396 g/mol. The third-order valence-corrected chi connectivity index (χ3v) is 5.62. The maximum Gasteiger partial charge on any atom is 0.306 e. The van der Waals surface area contributed by atoms with E-state index in [0.717, 1.165) is 19.3 Å². The lowest BCUT2D eigenvalue weighted by atomic mass is 9.84. The molecule has 2 amide bonds. The number of amides is 2. The van der Waals surface area contributed by atoms with Crippen LogP contribution in [0.25, 0.3) is 0 Å². The SMILES string of the molecule is C=CCCC(=O)OCC(CC1CCCCC1)NC(=O)C(CC=C)CC(=O)NC(C)CO. The zero-order valence-electron chi connectivity index (χ0n) is 18.9. The number of aliphatic hydroxyl groups is 1. The van der Waals surface area contributed by atoms with Crippen LogP contribution in [0, 0.1) is 11.8 Å². The fraction of sp³-hybridized carbons (Fsp3) is 0.708. The lowest BCUT2D eigenvalue weighted by molar-refractivity contribution is -0.145. The van der Waals surface area contributed by atoms with E-state index in [0.29, 0.717) is 18.8 Å². The van der Waals surface area contributed by atoms with Crippen LogP contribution in [0.5, 0.6) is 0 Å². The number of allylic oxidation sites excluding steroid dienone is 2. The number of rotatable bonds is 15. The van der Waals surface area contributed by atoms with Crippen molar-refractivity contribution in [3.63, 3.8) is 0 Å². The Morgan fingerprint density at radius 2 is 1.84 bits per heavy atom. The van der Waals surface area contributed by atoms with Crippen molar-refractivity contribution in [1.29, 1.82) is 0 Å². The Morgan fingerprint density at radius 3 is 2.45 bits per heavy atom. The molecule has 3 N–H and O–H groups in total. The third kappa shape index (κ3) is 11.7. The average molecular weight is 437 g/mol. The zero-order chi connectivity index (χ0) is 23.1. The first-order chi connectivity index (χ1) is 14.9. The second kappa shape index (κ2) is 15.6. The standard InChI is InChI=1S/C24H40N2O5/c1-4-6-13-23(29)31-17-21(14-19-11-8-7-9-12-19)26-24(30)20(10-5-2)15-22(28)25-18(3)16-27/h4-5,18-21,27H,1-2,6-17H2,3H3,(H,25,28)(H,26,30). The van der Waals surface area contributed by atoms with E-state index in [4.69, 9.17) is 9.84 Å². The Labute approximate surface area is 186 Å². The first-order valence-electron chi connectivity index (χ1n) is 11.5. The van der Waals surface area contributed by atoms with Gasteiger partial charge in [-0.15, -0.1) is 13.2 Å². The lowest BCUT2D eigenvalue weighted by Crippen LogP contribution is -2.45. The van der Waals surface area contributed by atoms with Gasteiger partial charge in [-0.2, -0.15) is 0 Å². The first-order valence-corrected chi connectivity index (χ1v) is 11.5. The molecule has 1 aliphatic rings. The van der Waals surface area contributed by atoms with Crippen LogP contribution in [-0.4, -0.2) is 48.2 Å². The van der Waals surface area contributed by atoms with Crippen LogP contribution < -0.4 is 10.6 Å². The second-order valence-electron chi connectivity index (χ2n) is 8.53. The van der Waals surface area contributed by atoms with Gasteiger partial charge in [-0.25, -0.2) is 0 Å². The first kappa shape index (κ1) is 26.9. The van der Waals surface area contributed by atoms with Gasteiger partial charge in [-0.05, 0) is 32.1 Å². The molecule has 1 fully saturated rings. The van der Waals surface area contributed by atoms with E-state index < -0.39 is 5.92 Å². The van der Waals surface area contributed by atoms with E-state index in [-0.39, 0.29) is 55.9 Å². The summed E-state index contributed by atoms with van der Waals surface area (Å²) in [6.45, 7) is 8.97. The van der Waals surface area contributed by atoms with Crippen molar-refractivity contribution >= 4 is 17.8 Å². The van der Waals surface area contributed by atoms with Crippen LogP contribution in [0.3, 0.4) is 0 Å². The summed E-state index contributed by atoms with van der Waals surface area (Å²) in [6.07, 6.45) is 11.1. The topological polar surface area (TPSA) is 105 Å². The molecule has 1 rings (SSSR count). The summed E-state index contributed by atoms with van der Waals surface area (Å²) >= 11 is 0. The Balaban J connectivity index is 2.72. The molecule has 0 radical (unpaired) electrons. The molecule has 7 heteroatoms. The van der Waals surface area contributed by atoms with Gasteiger partial charge in [0.2, 0.25) is 11.8 Å². The van der Waals surface area contributed by atoms with E-state index in [1.54, 1.807) is 19.1 Å². The monoisotopic (exact) mass is 436 g/mol. The van der Waals surface area contributed by atoms with Crippen LogP contribution >= 0.6 is 0 Å². The summed E-state index contributed by atoms with van der Waals surface area (Å²) < 4.78 is 5.41. The number of aliphatic hydroxyl groups excluding tert-OH is 1. The molecule has 7 nitrogen and oxygen atoms in total. The highest BCUT2D eigenvalue weighted by Gasteiger charge is 2.26. The molecule has 0 aromatic carbocycles. The quantitative estimate of drug-likeness (QED) is 0.270. The Morgan fingerprint density at radius 1 is 1.13 bits per heavy atom. The van der Waals surface area contributed by atoms with Crippen molar-refractivity contribution in [2.75, 3.05) is 13.2 Å². The summed E-state index contributed by atoms with van der Waals surface area (Å²) in [5.74, 6) is -0.896. The highest BCUT2D eigenvalue weighted by molar-refractivity contribution is 5.86. The van der Waals surface area contributed by atoms with Crippen LogP contribution in [0.2, 0.25) is 0 Å². The van der Waals surface area contributed by atoms with Crippen molar-refractivity contribution in [2.45, 2.75) is 83.2 Å². The summed E-state index contributed by atoms with van der Waals surface area (Å²) in [7, 11) is 0. The fourth-order valence-corrected chi connectivity index (χ4v) is 3.89. The van der Waals surface area contributed by atoms with Gasteiger partial charge in [0, 0.05) is 18.9 Å². The third-order valence-electron chi connectivity index (χ3n) is 5.62. The molecule has 1 saturated carbocycles. The van der Waals surface area contributed by atoms with E-state index in [2.05, 4.69) is 23.8 Å². The van der Waals surface area contributed by atoms with Crippen molar-refractivity contribution < 1.29 is 24.2 Å². The zero-order valence-corrected chi connectivity index (χ0v) is 18.9. The van der Waals surface area contributed by atoms with Crippen molar-refractivity contribution in [1.82, 2.24) is 10.6 Å². The van der Waals surface area contributed by atoms with E-state index in [1.807, 2.05) is 0 Å². The van der Waals surface area contributed by atoms with Gasteiger partial charge in [-0.1, -0.05) is 44.3 Å². The molecule has 0 aromatic rings. The van der Waals surface area contributed by atoms with Gasteiger partial charge in [-0.3, -0.25) is 14.4 Å². The Hall–Kier alpha value is -2.15. The molecule has 0 bridgehead atoms. The molecule has 0 saturated heterocycles. The molecule has 31 heavy (non-hydrogen) atoms. The lowest BCUT2D eigenvalue weighted by Gasteiger charge is -2.28. The fourth-order valence-electron chi connectivity index (χ4n) is 3.89. The number of hydrogen-bond donors (Lipinski definition) is 3. The summed E-state index contributed by atoms with van der Waals surface area (Å²) in [5.41, 5.74) is 0. The Kier molecular flexibility index (Phi) is 13.5. The minimum atomic E-state index is -0.561. The summed E-state index contributed by atoms with van der Waals surface area (Å²) in [5, 5.41) is 14.8. The van der Waals surface area contributed by atoms with Crippen LogP contribution in [0.1, 0.15) is 71.1 Å². The molecule has 3 unspecified atom stereocenters. The van der Waals surface area contributed by atoms with E-state index in [1.165, 1.54) is 19.3 Å². The van der Waals surface area contributed by atoms with Crippen LogP contribution in [0.4, 0.5) is 0 Å². The molecule has 0 heterocycles. The predicted molar refractivity (Wildman–Crippen MR) is 121 cm³/mol.